The maximum absolute atomic E-state index is 10.9. The minimum atomic E-state index is -0.825. The Morgan fingerprint density at radius 2 is 2.05 bits per heavy atom. The Labute approximate surface area is 125 Å². The molecule has 0 atom stereocenters. The number of hydrogen-bond acceptors (Lipinski definition) is 5. The number of hydrogen-bond donors (Lipinski definition) is 1. The second kappa shape index (κ2) is 6.87. The molecule has 0 saturated heterocycles. The van der Waals surface area contributed by atoms with Crippen LogP contribution in [-0.2, 0) is 6.54 Å². The van der Waals surface area contributed by atoms with Gasteiger partial charge in [0.25, 0.3) is 5.69 Å². The zero-order chi connectivity index (χ0) is 16.2. The van der Waals surface area contributed by atoms with Gasteiger partial charge in [-0.3, -0.25) is 15.0 Å². The molecular formula is C15H24N2O4. The molecule has 21 heavy (non-hydrogen) atoms. The van der Waals surface area contributed by atoms with Gasteiger partial charge in [0.05, 0.1) is 16.6 Å². The van der Waals surface area contributed by atoms with E-state index in [1.807, 2.05) is 25.8 Å². The molecule has 0 spiro atoms. The van der Waals surface area contributed by atoms with Crippen LogP contribution in [-0.4, -0.2) is 40.2 Å². The molecule has 1 aromatic rings. The minimum absolute atomic E-state index is 0.00945. The van der Waals surface area contributed by atoms with E-state index in [1.165, 1.54) is 12.1 Å². The van der Waals surface area contributed by atoms with Crippen molar-refractivity contribution in [1.29, 1.82) is 0 Å². The third-order valence-electron chi connectivity index (χ3n) is 2.71. The van der Waals surface area contributed by atoms with E-state index >= 15 is 0 Å². The van der Waals surface area contributed by atoms with Crippen LogP contribution in [0.25, 0.3) is 0 Å². The number of aliphatic hydroxyl groups is 1. The Morgan fingerprint density at radius 3 is 2.52 bits per heavy atom. The SMILES string of the molecule is CC(C)Oc1ccc([N+](=O)[O-])cc1CN(C)CC(C)(C)O. The number of non-ortho nitro benzene ring substituents is 1. The van der Waals surface area contributed by atoms with Crippen LogP contribution in [0.15, 0.2) is 18.2 Å². The quantitative estimate of drug-likeness (QED) is 0.618. The van der Waals surface area contributed by atoms with Crippen molar-refractivity contribution in [2.75, 3.05) is 13.6 Å². The summed E-state index contributed by atoms with van der Waals surface area (Å²) in [6, 6.07) is 4.60. The minimum Gasteiger partial charge on any atom is -0.491 e. The summed E-state index contributed by atoms with van der Waals surface area (Å²) in [5.74, 6) is 0.637. The van der Waals surface area contributed by atoms with Gasteiger partial charge < -0.3 is 9.84 Å². The predicted octanol–water partition coefficient (Wildman–Crippen LogP) is 2.58. The van der Waals surface area contributed by atoms with Crippen LogP contribution in [0.3, 0.4) is 0 Å². The molecule has 0 aliphatic carbocycles. The summed E-state index contributed by atoms with van der Waals surface area (Å²) in [5, 5.41) is 20.8. The Balaban J connectivity index is 2.99. The van der Waals surface area contributed by atoms with Gasteiger partial charge in [-0.15, -0.1) is 0 Å². The van der Waals surface area contributed by atoms with Gasteiger partial charge in [-0.05, 0) is 40.8 Å². The van der Waals surface area contributed by atoms with Crippen molar-refractivity contribution in [2.45, 2.75) is 45.9 Å². The van der Waals surface area contributed by atoms with Gasteiger partial charge in [0.2, 0.25) is 0 Å². The standard InChI is InChI=1S/C15H24N2O4/c1-11(2)21-14-7-6-13(17(19)20)8-12(14)9-16(5)10-15(3,4)18/h6-8,11,18H,9-10H2,1-5H3. The number of nitrogens with zero attached hydrogens (tertiary/aromatic N) is 2. The lowest BCUT2D eigenvalue weighted by Gasteiger charge is -2.26. The Hall–Kier alpha value is -1.66. The van der Waals surface area contributed by atoms with Crippen LogP contribution in [0, 0.1) is 10.1 Å². The summed E-state index contributed by atoms with van der Waals surface area (Å²) in [5.41, 5.74) is -0.0449. The molecule has 0 bridgehead atoms. The Kier molecular flexibility index (Phi) is 5.69. The van der Waals surface area contributed by atoms with Gasteiger partial charge in [-0.25, -0.2) is 0 Å². The summed E-state index contributed by atoms with van der Waals surface area (Å²) in [4.78, 5) is 12.4. The molecule has 0 aliphatic heterocycles. The van der Waals surface area contributed by atoms with E-state index in [2.05, 4.69) is 0 Å². The second-order valence-corrected chi connectivity index (χ2v) is 6.20. The van der Waals surface area contributed by atoms with E-state index in [-0.39, 0.29) is 11.8 Å². The molecule has 0 fully saturated rings. The van der Waals surface area contributed by atoms with E-state index in [0.717, 1.165) is 5.56 Å². The van der Waals surface area contributed by atoms with Crippen LogP contribution < -0.4 is 4.74 Å². The summed E-state index contributed by atoms with van der Waals surface area (Å²) < 4.78 is 5.70. The first-order valence-corrected chi connectivity index (χ1v) is 6.93. The molecule has 6 heteroatoms. The van der Waals surface area contributed by atoms with Crippen molar-refractivity contribution in [3.8, 4) is 5.75 Å². The van der Waals surface area contributed by atoms with E-state index in [0.29, 0.717) is 18.8 Å². The first-order chi connectivity index (χ1) is 9.58. The fourth-order valence-corrected chi connectivity index (χ4v) is 2.18. The van der Waals surface area contributed by atoms with Crippen LogP contribution in [0.4, 0.5) is 5.69 Å². The van der Waals surface area contributed by atoms with Crippen molar-refractivity contribution in [3.05, 3.63) is 33.9 Å². The molecule has 1 rings (SSSR count). The number of rotatable bonds is 7. The van der Waals surface area contributed by atoms with E-state index < -0.39 is 10.5 Å². The summed E-state index contributed by atoms with van der Waals surface area (Å²) in [7, 11) is 1.86. The van der Waals surface area contributed by atoms with Crippen molar-refractivity contribution in [3.63, 3.8) is 0 Å². The van der Waals surface area contributed by atoms with Crippen LogP contribution in [0.1, 0.15) is 33.3 Å². The Bertz CT molecular complexity index is 495. The number of likely N-dealkylation sites (N-methyl/N-ethyl adjacent to an activating group) is 1. The molecule has 0 heterocycles. The summed E-state index contributed by atoms with van der Waals surface area (Å²) >= 11 is 0. The highest BCUT2D eigenvalue weighted by atomic mass is 16.6. The highest BCUT2D eigenvalue weighted by Crippen LogP contribution is 2.26. The maximum atomic E-state index is 10.9. The lowest BCUT2D eigenvalue weighted by atomic mass is 10.1. The highest BCUT2D eigenvalue weighted by molar-refractivity contribution is 5.43. The fourth-order valence-electron chi connectivity index (χ4n) is 2.18. The molecule has 0 aromatic heterocycles. The Morgan fingerprint density at radius 1 is 1.43 bits per heavy atom. The third-order valence-corrected chi connectivity index (χ3v) is 2.71. The zero-order valence-corrected chi connectivity index (χ0v) is 13.3. The number of ether oxygens (including phenoxy) is 1. The molecule has 0 aliphatic rings. The third kappa shape index (κ3) is 6.10. The number of benzene rings is 1. The van der Waals surface area contributed by atoms with Gasteiger partial charge in [-0.1, -0.05) is 0 Å². The zero-order valence-electron chi connectivity index (χ0n) is 13.3. The van der Waals surface area contributed by atoms with Crippen LogP contribution in [0.5, 0.6) is 5.75 Å². The fraction of sp³-hybridized carbons (Fsp3) is 0.600. The van der Waals surface area contributed by atoms with Crippen molar-refractivity contribution >= 4 is 5.69 Å². The molecule has 118 valence electrons. The number of nitro benzene ring substituents is 1. The van der Waals surface area contributed by atoms with Crippen molar-refractivity contribution in [2.24, 2.45) is 0 Å². The highest BCUT2D eigenvalue weighted by Gasteiger charge is 2.19. The van der Waals surface area contributed by atoms with Crippen LogP contribution in [0.2, 0.25) is 0 Å². The molecule has 0 radical (unpaired) electrons. The average Bonchev–Trinajstić information content (AvgIpc) is 2.27. The molecule has 0 saturated carbocycles. The second-order valence-electron chi connectivity index (χ2n) is 6.20. The molecule has 1 aromatic carbocycles. The van der Waals surface area contributed by atoms with Crippen molar-refractivity contribution in [1.82, 2.24) is 4.90 Å². The van der Waals surface area contributed by atoms with Gasteiger partial charge >= 0.3 is 0 Å². The average molecular weight is 296 g/mol. The molecule has 6 nitrogen and oxygen atoms in total. The largest absolute Gasteiger partial charge is 0.491 e. The molecular weight excluding hydrogens is 272 g/mol. The number of nitro groups is 1. The van der Waals surface area contributed by atoms with Gasteiger partial charge in [-0.2, -0.15) is 0 Å². The first-order valence-electron chi connectivity index (χ1n) is 6.93. The molecule has 0 amide bonds. The first kappa shape index (κ1) is 17.4. The topological polar surface area (TPSA) is 75.8 Å². The predicted molar refractivity (Wildman–Crippen MR) is 81.5 cm³/mol. The van der Waals surface area contributed by atoms with Gasteiger partial charge in [0, 0.05) is 30.8 Å². The van der Waals surface area contributed by atoms with E-state index in [4.69, 9.17) is 4.74 Å². The lowest BCUT2D eigenvalue weighted by molar-refractivity contribution is -0.385. The van der Waals surface area contributed by atoms with E-state index in [9.17, 15) is 15.2 Å². The monoisotopic (exact) mass is 296 g/mol. The molecule has 0 unspecified atom stereocenters. The van der Waals surface area contributed by atoms with Crippen LogP contribution >= 0.6 is 0 Å². The maximum Gasteiger partial charge on any atom is 0.270 e. The van der Waals surface area contributed by atoms with Gasteiger partial charge in [0.15, 0.2) is 0 Å². The normalized spacial score (nSPS) is 12.0. The van der Waals surface area contributed by atoms with Crippen molar-refractivity contribution < 1.29 is 14.8 Å². The lowest BCUT2D eigenvalue weighted by Crippen LogP contribution is -2.35. The van der Waals surface area contributed by atoms with E-state index in [1.54, 1.807) is 19.9 Å². The summed E-state index contributed by atoms with van der Waals surface area (Å²) in [6.07, 6.45) is -0.00945. The summed E-state index contributed by atoms with van der Waals surface area (Å²) in [6.45, 7) is 8.19. The smallest absolute Gasteiger partial charge is 0.270 e. The molecule has 1 N–H and O–H groups in total. The van der Waals surface area contributed by atoms with Gasteiger partial charge in [0.1, 0.15) is 5.75 Å².